The summed E-state index contributed by atoms with van der Waals surface area (Å²) in [5.74, 6) is -0.858. The van der Waals surface area contributed by atoms with Crippen molar-refractivity contribution in [2.75, 3.05) is 0 Å². The molecule has 6 aromatic carbocycles. The highest BCUT2D eigenvalue weighted by atomic mass is 32.2. The molecule has 50 heavy (non-hydrogen) atoms. The Kier molecular flexibility index (Phi) is 9.20. The molecule has 4 N–H and O–H groups in total. The van der Waals surface area contributed by atoms with E-state index in [0.29, 0.717) is 45.8 Å². The molecule has 0 aliphatic rings. The predicted molar refractivity (Wildman–Crippen MR) is 190 cm³/mol. The van der Waals surface area contributed by atoms with Crippen molar-refractivity contribution in [1.29, 1.82) is 0 Å². The average Bonchev–Trinajstić information content (AvgIpc) is 3.09. The van der Waals surface area contributed by atoms with Gasteiger partial charge in [0.25, 0.3) is 20.2 Å². The minimum absolute atomic E-state index is 0.349. The Balaban J connectivity index is 1.35. The van der Waals surface area contributed by atoms with E-state index in [4.69, 9.17) is 0 Å². The number of fused-ring (bicyclic) bond motifs is 2. The van der Waals surface area contributed by atoms with Crippen LogP contribution in [0.25, 0.3) is 32.7 Å². The summed E-state index contributed by atoms with van der Waals surface area (Å²) in [4.78, 5) is -1.14. The van der Waals surface area contributed by atoms with E-state index >= 15 is 0 Å². The highest BCUT2D eigenvalue weighted by molar-refractivity contribution is 7.86. The maximum Gasteiger partial charge on any atom is 0.296 e. The third-order valence-electron chi connectivity index (χ3n) is 8.24. The van der Waals surface area contributed by atoms with Gasteiger partial charge >= 0.3 is 0 Å². The SMILES string of the molecule is CCc1cc(N=Nc2c(S(=O)(=O)O)cc3ccccc3c2O)ccc1-c1ccc(N=Nc2c(S(=O)(=O)O)cc3ccccc3c2O)cc1CC. The maximum atomic E-state index is 12.2. The molecule has 0 amide bonds. The molecule has 0 heterocycles. The van der Waals surface area contributed by atoms with E-state index in [1.165, 1.54) is 12.1 Å². The van der Waals surface area contributed by atoms with Gasteiger partial charge in [0.1, 0.15) is 21.2 Å². The second-order valence-electron chi connectivity index (χ2n) is 11.3. The van der Waals surface area contributed by atoms with E-state index in [1.807, 2.05) is 26.0 Å². The lowest BCUT2D eigenvalue weighted by Gasteiger charge is -2.14. The zero-order valence-corrected chi connectivity index (χ0v) is 28.3. The van der Waals surface area contributed by atoms with Crippen molar-refractivity contribution in [3.63, 3.8) is 0 Å². The topological polar surface area (TPSA) is 199 Å². The number of rotatable bonds is 9. The molecule has 14 heteroatoms. The largest absolute Gasteiger partial charge is 0.505 e. The number of nitrogens with zero attached hydrogens (tertiary/aromatic N) is 4. The van der Waals surface area contributed by atoms with Crippen molar-refractivity contribution in [3.8, 4) is 22.6 Å². The van der Waals surface area contributed by atoms with Crippen molar-refractivity contribution >= 4 is 64.5 Å². The summed E-state index contributed by atoms with van der Waals surface area (Å²) >= 11 is 0. The van der Waals surface area contributed by atoms with Crippen LogP contribution in [0.4, 0.5) is 22.7 Å². The summed E-state index contributed by atoms with van der Waals surface area (Å²) in [7, 11) is -9.47. The lowest BCUT2D eigenvalue weighted by atomic mass is 9.92. The van der Waals surface area contributed by atoms with Crippen molar-refractivity contribution in [1.82, 2.24) is 0 Å². The molecule has 0 radical (unpaired) electrons. The minimum atomic E-state index is -4.74. The molecular weight excluding hydrogens is 681 g/mol. The monoisotopic (exact) mass is 710 g/mol. The first kappa shape index (κ1) is 34.3. The molecule has 0 atom stereocenters. The third kappa shape index (κ3) is 6.69. The van der Waals surface area contributed by atoms with E-state index in [0.717, 1.165) is 22.3 Å². The van der Waals surface area contributed by atoms with E-state index < -0.39 is 41.5 Å². The Bertz CT molecular complexity index is 2420. The van der Waals surface area contributed by atoms with Crippen molar-refractivity contribution < 1.29 is 36.2 Å². The lowest BCUT2D eigenvalue weighted by molar-refractivity contribution is 0.471. The number of aromatic hydroxyl groups is 2. The molecule has 254 valence electrons. The first-order chi connectivity index (χ1) is 23.8. The minimum Gasteiger partial charge on any atom is -0.505 e. The van der Waals surface area contributed by atoms with E-state index in [-0.39, 0.29) is 11.4 Å². The van der Waals surface area contributed by atoms with Gasteiger partial charge in [-0.25, -0.2) is 0 Å². The number of phenols is 2. The van der Waals surface area contributed by atoms with Crippen molar-refractivity contribution in [2.45, 2.75) is 36.5 Å². The zero-order chi connectivity index (χ0) is 35.8. The molecule has 0 saturated carbocycles. The van der Waals surface area contributed by atoms with Gasteiger partial charge in [0.2, 0.25) is 0 Å². The number of azo groups is 2. The van der Waals surface area contributed by atoms with Crippen molar-refractivity contribution in [2.24, 2.45) is 20.5 Å². The summed E-state index contributed by atoms with van der Waals surface area (Å²) in [5.41, 5.74) is 3.56. The van der Waals surface area contributed by atoms with Gasteiger partial charge < -0.3 is 10.2 Å². The fourth-order valence-corrected chi connectivity index (χ4v) is 7.10. The molecule has 0 spiro atoms. The second kappa shape index (κ2) is 13.4. The number of hydrogen-bond donors (Lipinski definition) is 4. The van der Waals surface area contributed by atoms with Crippen LogP contribution in [0.2, 0.25) is 0 Å². The molecule has 0 fully saturated rings. The van der Waals surface area contributed by atoms with Crippen LogP contribution in [-0.2, 0) is 33.1 Å². The first-order valence-electron chi connectivity index (χ1n) is 15.3. The van der Waals surface area contributed by atoms with Crippen LogP contribution in [0.3, 0.4) is 0 Å². The van der Waals surface area contributed by atoms with Gasteiger partial charge in [-0.05, 0) is 82.3 Å². The number of benzene rings is 6. The van der Waals surface area contributed by atoms with Crippen LogP contribution in [0.5, 0.6) is 11.5 Å². The van der Waals surface area contributed by atoms with Crippen molar-refractivity contribution in [3.05, 3.63) is 108 Å². The average molecular weight is 711 g/mol. The normalized spacial score (nSPS) is 12.5. The summed E-state index contributed by atoms with van der Waals surface area (Å²) < 4.78 is 68.4. The molecule has 6 rings (SSSR count). The fourth-order valence-electron chi connectivity index (χ4n) is 5.78. The lowest BCUT2D eigenvalue weighted by Crippen LogP contribution is -1.99. The summed E-state index contributed by atoms with van der Waals surface area (Å²) in [6, 6.07) is 26.2. The predicted octanol–water partition coefficient (Wildman–Crippen LogP) is 9.52. The van der Waals surface area contributed by atoms with Gasteiger partial charge in [0.05, 0.1) is 11.4 Å². The van der Waals surface area contributed by atoms with Gasteiger partial charge in [0, 0.05) is 10.8 Å². The fraction of sp³-hybridized carbons (Fsp3) is 0.111. The van der Waals surface area contributed by atoms with Gasteiger partial charge in [-0.1, -0.05) is 74.5 Å². The second-order valence-corrected chi connectivity index (χ2v) is 14.1. The molecular formula is C36H30N4O8S2. The van der Waals surface area contributed by atoms with Gasteiger partial charge in [-0.15, -0.1) is 10.2 Å². The molecule has 0 bridgehead atoms. The molecule has 0 aliphatic carbocycles. The summed E-state index contributed by atoms with van der Waals surface area (Å²) in [5, 5.41) is 39.7. The third-order valence-corrected chi connectivity index (χ3v) is 9.97. The van der Waals surface area contributed by atoms with Gasteiger partial charge in [-0.2, -0.15) is 27.1 Å². The standard InChI is InChI=1S/C36H30N4O8S2/c1-3-21-17-25(37-39-33-31(49(43,44)45)19-23-9-5-7-11-29(23)35(33)41)13-15-27(21)28-16-14-26(18-22(28)4-2)38-40-34-32(50(46,47)48)20-24-10-6-8-12-30(24)36(34)42/h5-20,41-42H,3-4H2,1-2H3,(H,43,44,45)(H,46,47,48). The molecule has 6 aromatic rings. The van der Waals surface area contributed by atoms with Crippen LogP contribution in [0.1, 0.15) is 25.0 Å². The van der Waals surface area contributed by atoms with Crippen LogP contribution < -0.4 is 0 Å². The van der Waals surface area contributed by atoms with E-state index in [1.54, 1.807) is 72.8 Å². The Morgan fingerprint density at radius 2 is 0.900 bits per heavy atom. The highest BCUT2D eigenvalue weighted by Crippen LogP contribution is 2.43. The number of hydrogen-bond acceptors (Lipinski definition) is 10. The zero-order valence-electron chi connectivity index (χ0n) is 26.7. The number of aryl methyl sites for hydroxylation is 2. The highest BCUT2D eigenvalue weighted by Gasteiger charge is 2.23. The Morgan fingerprint density at radius 3 is 1.26 bits per heavy atom. The summed E-state index contributed by atoms with van der Waals surface area (Å²) in [6.07, 6.45) is 1.20. The Labute approximate surface area is 287 Å². The van der Waals surface area contributed by atoms with Gasteiger partial charge in [-0.3, -0.25) is 9.11 Å². The van der Waals surface area contributed by atoms with E-state index in [9.17, 15) is 36.2 Å². The maximum absolute atomic E-state index is 12.2. The smallest absolute Gasteiger partial charge is 0.296 e. The van der Waals surface area contributed by atoms with Gasteiger partial charge in [0.15, 0.2) is 11.5 Å². The quantitative estimate of drug-likeness (QED) is 0.0839. The van der Waals surface area contributed by atoms with Crippen LogP contribution in [-0.4, -0.2) is 36.2 Å². The molecule has 0 aliphatic heterocycles. The molecule has 0 aromatic heterocycles. The van der Waals surface area contributed by atoms with E-state index in [2.05, 4.69) is 20.5 Å². The summed E-state index contributed by atoms with van der Waals surface area (Å²) in [6.45, 7) is 3.92. The molecule has 12 nitrogen and oxygen atoms in total. The number of phenolic OH excluding ortho intramolecular Hbond substituents is 2. The Hall–Kier alpha value is -5.54. The van der Waals surface area contributed by atoms with Crippen LogP contribution in [0.15, 0.2) is 127 Å². The molecule has 0 saturated heterocycles. The Morgan fingerprint density at radius 1 is 0.520 bits per heavy atom. The van der Waals surface area contributed by atoms with Crippen LogP contribution >= 0.6 is 0 Å². The molecule has 0 unspecified atom stereocenters. The first-order valence-corrected chi connectivity index (χ1v) is 18.2. The van der Waals surface area contributed by atoms with Crippen LogP contribution in [0, 0.1) is 0 Å².